The average molecular weight is 573 g/mol. The third-order valence-electron chi connectivity index (χ3n) is 8.34. The minimum absolute atomic E-state index is 0.227. The number of allylic oxidation sites excluding steroid dienone is 6. The van der Waals surface area contributed by atoms with Crippen molar-refractivity contribution in [1.82, 2.24) is 0 Å². The van der Waals surface area contributed by atoms with Crippen molar-refractivity contribution in [3.05, 3.63) is 142 Å². The Morgan fingerprint density at radius 1 is 0.500 bits per heavy atom. The van der Waals surface area contributed by atoms with Crippen LogP contribution < -0.4 is 9.47 Å². The molecule has 4 aliphatic rings. The normalized spacial score (nSPS) is 18.0. The number of Topliss-reactive ketones (excluding diaryl/α,β-unsaturated/α-hetero) is 2. The molecule has 4 aromatic carbocycles. The molecule has 0 saturated carbocycles. The van der Waals surface area contributed by atoms with Gasteiger partial charge in [0, 0.05) is 44.6 Å². The van der Waals surface area contributed by atoms with Gasteiger partial charge in [-0.1, -0.05) is 60.7 Å². The molecule has 0 radical (unpaired) electrons. The molecule has 0 bridgehead atoms. The van der Waals surface area contributed by atoms with Crippen molar-refractivity contribution in [2.24, 2.45) is 9.98 Å². The summed E-state index contributed by atoms with van der Waals surface area (Å²) in [5, 5.41) is 0. The first kappa shape index (κ1) is 25.8. The quantitative estimate of drug-likeness (QED) is 0.233. The minimum atomic E-state index is -0.227. The summed E-state index contributed by atoms with van der Waals surface area (Å²) in [6.07, 6.45) is 3.69. The molecule has 0 aromatic heterocycles. The van der Waals surface area contributed by atoms with E-state index in [-0.39, 0.29) is 11.6 Å². The van der Waals surface area contributed by atoms with E-state index in [2.05, 4.69) is 0 Å². The topological polar surface area (TPSA) is 77.3 Å². The molecule has 0 saturated heterocycles. The van der Waals surface area contributed by atoms with Crippen LogP contribution in [0.25, 0.3) is 23.3 Å². The highest BCUT2D eigenvalue weighted by Crippen LogP contribution is 2.52. The van der Waals surface area contributed by atoms with Crippen LogP contribution in [-0.4, -0.2) is 37.2 Å². The number of aliphatic imine (C=N–C) groups is 2. The number of rotatable bonds is 5. The SMILES string of the molecule is COc1ccc(/C=C2/C(=O)C(C3=C4C(=Nc5ccccc54)/C(=C\c4ccc(OC)cc4)C3=O)=C3C2=Nc2ccccc23)cc1. The summed E-state index contributed by atoms with van der Waals surface area (Å²) in [6, 6.07) is 30.5. The van der Waals surface area contributed by atoms with E-state index in [1.54, 1.807) is 14.2 Å². The third kappa shape index (κ3) is 3.81. The van der Waals surface area contributed by atoms with Crippen molar-refractivity contribution in [3.8, 4) is 11.5 Å². The number of carbonyl (C=O) groups excluding carboxylic acids is 2. The van der Waals surface area contributed by atoms with Gasteiger partial charge in [-0.25, -0.2) is 9.98 Å². The molecule has 0 spiro atoms. The van der Waals surface area contributed by atoms with Gasteiger partial charge in [-0.05, 0) is 59.7 Å². The Labute approximate surface area is 253 Å². The Bertz CT molecular complexity index is 1980. The molecule has 2 aliphatic heterocycles. The molecular weight excluding hydrogens is 548 g/mol. The van der Waals surface area contributed by atoms with Gasteiger partial charge in [0.2, 0.25) is 0 Å². The van der Waals surface area contributed by atoms with Crippen molar-refractivity contribution in [1.29, 1.82) is 0 Å². The van der Waals surface area contributed by atoms with Gasteiger partial charge in [0.15, 0.2) is 11.6 Å². The van der Waals surface area contributed by atoms with Gasteiger partial charge >= 0.3 is 0 Å². The summed E-state index contributed by atoms with van der Waals surface area (Å²) < 4.78 is 10.6. The lowest BCUT2D eigenvalue weighted by atomic mass is 9.91. The van der Waals surface area contributed by atoms with Gasteiger partial charge < -0.3 is 9.47 Å². The lowest BCUT2D eigenvalue weighted by molar-refractivity contribution is -0.114. The predicted octanol–water partition coefficient (Wildman–Crippen LogP) is 7.42. The fourth-order valence-corrected chi connectivity index (χ4v) is 6.26. The van der Waals surface area contributed by atoms with Crippen LogP contribution in [0.3, 0.4) is 0 Å². The second-order valence-corrected chi connectivity index (χ2v) is 10.8. The van der Waals surface area contributed by atoms with Crippen molar-refractivity contribution in [2.75, 3.05) is 14.2 Å². The summed E-state index contributed by atoms with van der Waals surface area (Å²) in [7, 11) is 3.23. The standard InChI is InChI=1S/C38H24N2O4/c1-43-23-15-11-21(12-16-23)19-27-35-31(25-7-3-5-9-29(25)39-35)33(37(27)41)34-32-26-8-4-6-10-30(26)40-36(32)28(38(34)42)20-22-13-17-24(44-2)18-14-22/h3-20H,1-2H3/b27-19+,28-20+. The van der Waals surface area contributed by atoms with E-state index in [0.717, 1.165) is 45.1 Å². The first-order valence-corrected chi connectivity index (χ1v) is 14.2. The van der Waals surface area contributed by atoms with Crippen LogP contribution >= 0.6 is 0 Å². The first-order valence-electron chi connectivity index (χ1n) is 14.2. The Morgan fingerprint density at radius 2 is 0.886 bits per heavy atom. The largest absolute Gasteiger partial charge is 0.497 e. The second-order valence-electron chi connectivity index (χ2n) is 10.8. The van der Waals surface area contributed by atoms with E-state index in [1.165, 1.54) is 0 Å². The molecule has 6 heteroatoms. The van der Waals surface area contributed by atoms with Gasteiger partial charge in [0.1, 0.15) is 11.5 Å². The monoisotopic (exact) mass is 572 g/mol. The van der Waals surface area contributed by atoms with Crippen LogP contribution in [0.1, 0.15) is 22.3 Å². The fraction of sp³-hybridized carbons (Fsp3) is 0.0526. The number of para-hydroxylation sites is 2. The number of methoxy groups -OCH3 is 2. The van der Waals surface area contributed by atoms with Gasteiger partial charge in [-0.3, -0.25) is 9.59 Å². The number of benzene rings is 4. The van der Waals surface area contributed by atoms with Crippen molar-refractivity contribution in [2.45, 2.75) is 0 Å². The number of ketones is 2. The molecule has 0 N–H and O–H groups in total. The molecule has 4 aromatic rings. The highest BCUT2D eigenvalue weighted by Gasteiger charge is 2.48. The lowest BCUT2D eigenvalue weighted by Gasteiger charge is -2.09. The second kappa shape index (κ2) is 9.85. The van der Waals surface area contributed by atoms with Gasteiger partial charge in [-0.15, -0.1) is 0 Å². The maximum atomic E-state index is 14.5. The molecule has 210 valence electrons. The molecule has 0 atom stereocenters. The number of nitrogens with zero attached hydrogens (tertiary/aromatic N) is 2. The summed E-state index contributed by atoms with van der Waals surface area (Å²) in [4.78, 5) is 38.9. The molecule has 2 heterocycles. The summed E-state index contributed by atoms with van der Waals surface area (Å²) >= 11 is 0. The molecule has 0 fully saturated rings. The Balaban J connectivity index is 1.35. The molecule has 6 nitrogen and oxygen atoms in total. The number of ether oxygens (including phenoxy) is 2. The summed E-state index contributed by atoms with van der Waals surface area (Å²) in [6.45, 7) is 0. The van der Waals surface area contributed by atoms with Gasteiger partial charge in [0.25, 0.3) is 0 Å². The number of hydrogen-bond donors (Lipinski definition) is 0. The summed E-state index contributed by atoms with van der Waals surface area (Å²) in [5.74, 6) is 0.992. The van der Waals surface area contributed by atoms with E-state index in [4.69, 9.17) is 19.5 Å². The van der Waals surface area contributed by atoms with E-state index in [1.807, 2.05) is 109 Å². The third-order valence-corrected chi connectivity index (χ3v) is 8.34. The van der Waals surface area contributed by atoms with E-state index < -0.39 is 0 Å². The minimum Gasteiger partial charge on any atom is -0.497 e. The van der Waals surface area contributed by atoms with E-state index >= 15 is 0 Å². The van der Waals surface area contributed by atoms with Crippen molar-refractivity contribution < 1.29 is 19.1 Å². The maximum absolute atomic E-state index is 14.5. The maximum Gasteiger partial charge on any atom is 0.196 e. The highest BCUT2D eigenvalue weighted by atomic mass is 16.5. The molecule has 8 rings (SSSR count). The Hall–Kier alpha value is -5.88. The Morgan fingerprint density at radius 3 is 1.27 bits per heavy atom. The first-order chi connectivity index (χ1) is 21.6. The van der Waals surface area contributed by atoms with Crippen LogP contribution in [0.5, 0.6) is 11.5 Å². The van der Waals surface area contributed by atoms with Crippen molar-refractivity contribution >= 4 is 57.7 Å². The van der Waals surface area contributed by atoms with E-state index in [0.29, 0.717) is 44.9 Å². The van der Waals surface area contributed by atoms with Gasteiger partial charge in [0.05, 0.1) is 37.0 Å². The molecule has 44 heavy (non-hydrogen) atoms. The van der Waals surface area contributed by atoms with Crippen LogP contribution in [0.4, 0.5) is 11.4 Å². The van der Waals surface area contributed by atoms with Crippen LogP contribution in [0, 0.1) is 0 Å². The molecule has 2 aliphatic carbocycles. The Kier molecular flexibility index (Phi) is 5.78. The predicted molar refractivity (Wildman–Crippen MR) is 173 cm³/mol. The average Bonchev–Trinajstić information content (AvgIpc) is 3.76. The van der Waals surface area contributed by atoms with Crippen LogP contribution in [0.2, 0.25) is 0 Å². The summed E-state index contributed by atoms with van der Waals surface area (Å²) in [5.41, 5.74) is 9.07. The number of carbonyl (C=O) groups is 2. The fourth-order valence-electron chi connectivity index (χ4n) is 6.26. The van der Waals surface area contributed by atoms with Crippen molar-refractivity contribution in [3.63, 3.8) is 0 Å². The van der Waals surface area contributed by atoms with E-state index in [9.17, 15) is 9.59 Å². The zero-order valence-corrected chi connectivity index (χ0v) is 23.9. The van der Waals surface area contributed by atoms with Crippen LogP contribution in [-0.2, 0) is 9.59 Å². The highest BCUT2D eigenvalue weighted by molar-refractivity contribution is 6.63. The van der Waals surface area contributed by atoms with Gasteiger partial charge in [-0.2, -0.15) is 0 Å². The van der Waals surface area contributed by atoms with Crippen LogP contribution in [0.15, 0.2) is 129 Å². The number of fused-ring (bicyclic) bond motifs is 6. The molecule has 0 unspecified atom stereocenters. The lowest BCUT2D eigenvalue weighted by Crippen LogP contribution is -2.11. The zero-order chi connectivity index (χ0) is 29.9. The number of hydrogen-bond acceptors (Lipinski definition) is 6. The zero-order valence-electron chi connectivity index (χ0n) is 23.9. The smallest absolute Gasteiger partial charge is 0.196 e. The molecular formula is C38H24N2O4. The molecule has 0 amide bonds.